The van der Waals surface area contributed by atoms with Crippen LogP contribution in [0.5, 0.6) is 5.75 Å². The van der Waals surface area contributed by atoms with Gasteiger partial charge in [-0.3, -0.25) is 9.69 Å². The SMILES string of the molecule is Cn1ccnc1CN1CCN(C(=O)C2CC(c3ccc(O)cc3)NN2)CC1. The maximum Gasteiger partial charge on any atom is 0.241 e. The Bertz CT molecular complexity index is 782. The van der Waals surface area contributed by atoms with E-state index in [0.717, 1.165) is 44.1 Å². The first-order valence-electron chi connectivity index (χ1n) is 9.37. The zero-order chi connectivity index (χ0) is 18.8. The van der Waals surface area contributed by atoms with Gasteiger partial charge in [0.2, 0.25) is 5.91 Å². The van der Waals surface area contributed by atoms with Crippen molar-refractivity contribution in [2.45, 2.75) is 25.0 Å². The number of amides is 1. The first kappa shape index (κ1) is 18.0. The molecule has 8 nitrogen and oxygen atoms in total. The number of carbonyl (C=O) groups is 1. The van der Waals surface area contributed by atoms with Crippen molar-refractivity contribution in [1.29, 1.82) is 0 Å². The molecule has 2 aromatic rings. The number of hydrogen-bond donors (Lipinski definition) is 3. The van der Waals surface area contributed by atoms with Gasteiger partial charge in [0.05, 0.1) is 6.54 Å². The summed E-state index contributed by atoms with van der Waals surface area (Å²) < 4.78 is 2.04. The van der Waals surface area contributed by atoms with E-state index in [1.807, 2.05) is 41.0 Å². The molecule has 0 aliphatic carbocycles. The summed E-state index contributed by atoms with van der Waals surface area (Å²) in [5, 5.41) is 9.42. The van der Waals surface area contributed by atoms with Gasteiger partial charge < -0.3 is 14.6 Å². The number of nitrogens with one attached hydrogen (secondary N) is 2. The standard InChI is InChI=1S/C19H26N6O2/c1-23-7-6-20-18(23)13-24-8-10-25(11-9-24)19(27)17-12-16(21-22-17)14-2-4-15(26)5-3-14/h2-7,16-17,21-22,26H,8-13H2,1H3. The fourth-order valence-corrected chi connectivity index (χ4v) is 3.74. The molecule has 2 unspecified atom stereocenters. The highest BCUT2D eigenvalue weighted by Crippen LogP contribution is 2.25. The van der Waals surface area contributed by atoms with E-state index in [1.54, 1.807) is 12.1 Å². The Labute approximate surface area is 158 Å². The number of hydrazine groups is 1. The summed E-state index contributed by atoms with van der Waals surface area (Å²) in [6.45, 7) is 4.02. The van der Waals surface area contributed by atoms with Crippen LogP contribution in [0.4, 0.5) is 0 Å². The molecule has 2 aliphatic rings. The van der Waals surface area contributed by atoms with Crippen molar-refractivity contribution < 1.29 is 9.90 Å². The predicted octanol–water partition coefficient (Wildman–Crippen LogP) is 0.378. The molecule has 3 heterocycles. The maximum atomic E-state index is 12.9. The highest BCUT2D eigenvalue weighted by molar-refractivity contribution is 5.82. The molecular weight excluding hydrogens is 344 g/mol. The number of rotatable bonds is 4. The molecule has 1 amide bonds. The van der Waals surface area contributed by atoms with Crippen LogP contribution in [-0.4, -0.2) is 62.6 Å². The van der Waals surface area contributed by atoms with Gasteiger partial charge in [0.1, 0.15) is 17.6 Å². The summed E-state index contributed by atoms with van der Waals surface area (Å²) in [4.78, 5) is 21.5. The van der Waals surface area contributed by atoms with E-state index in [-0.39, 0.29) is 23.7 Å². The van der Waals surface area contributed by atoms with Gasteiger partial charge in [-0.1, -0.05) is 12.1 Å². The lowest BCUT2D eigenvalue weighted by molar-refractivity contribution is -0.135. The number of imidazole rings is 1. The number of benzene rings is 1. The van der Waals surface area contributed by atoms with E-state index in [9.17, 15) is 9.90 Å². The van der Waals surface area contributed by atoms with Crippen LogP contribution in [0.2, 0.25) is 0 Å². The van der Waals surface area contributed by atoms with Crippen molar-refractivity contribution in [2.75, 3.05) is 26.2 Å². The smallest absolute Gasteiger partial charge is 0.241 e. The van der Waals surface area contributed by atoms with Crippen LogP contribution < -0.4 is 10.9 Å². The van der Waals surface area contributed by atoms with Crippen molar-refractivity contribution in [1.82, 2.24) is 30.2 Å². The Balaban J connectivity index is 1.28. The van der Waals surface area contributed by atoms with Gasteiger partial charge in [-0.25, -0.2) is 15.8 Å². The molecule has 0 saturated carbocycles. The van der Waals surface area contributed by atoms with E-state index in [0.29, 0.717) is 6.42 Å². The molecule has 144 valence electrons. The molecule has 0 radical (unpaired) electrons. The minimum absolute atomic E-state index is 0.0734. The summed E-state index contributed by atoms with van der Waals surface area (Å²) in [7, 11) is 2.01. The Kier molecular flexibility index (Phi) is 5.11. The number of aryl methyl sites for hydroxylation is 1. The lowest BCUT2D eigenvalue weighted by Crippen LogP contribution is -2.53. The number of phenols is 1. The van der Waals surface area contributed by atoms with Crippen LogP contribution >= 0.6 is 0 Å². The van der Waals surface area contributed by atoms with Gasteiger partial charge in [0.25, 0.3) is 0 Å². The maximum absolute atomic E-state index is 12.9. The van der Waals surface area contributed by atoms with Crippen LogP contribution in [0, 0.1) is 0 Å². The molecule has 3 N–H and O–H groups in total. The van der Waals surface area contributed by atoms with Gasteiger partial charge >= 0.3 is 0 Å². The molecule has 2 aliphatic heterocycles. The average Bonchev–Trinajstić information content (AvgIpc) is 3.32. The molecule has 1 aromatic heterocycles. The van der Waals surface area contributed by atoms with Gasteiger partial charge in [0, 0.05) is 51.7 Å². The second-order valence-electron chi connectivity index (χ2n) is 7.28. The number of aromatic nitrogens is 2. The molecular formula is C19H26N6O2. The summed E-state index contributed by atoms with van der Waals surface area (Å²) in [5.74, 6) is 1.45. The van der Waals surface area contributed by atoms with Gasteiger partial charge in [0.15, 0.2) is 0 Å². The molecule has 2 fully saturated rings. The molecule has 2 saturated heterocycles. The largest absolute Gasteiger partial charge is 0.508 e. The second-order valence-corrected chi connectivity index (χ2v) is 7.28. The van der Waals surface area contributed by atoms with Crippen molar-refractivity contribution in [3.63, 3.8) is 0 Å². The van der Waals surface area contributed by atoms with E-state index in [2.05, 4.69) is 20.7 Å². The van der Waals surface area contributed by atoms with Crippen LogP contribution in [0.15, 0.2) is 36.7 Å². The molecule has 1 aromatic carbocycles. The fraction of sp³-hybridized carbons (Fsp3) is 0.474. The zero-order valence-corrected chi connectivity index (χ0v) is 15.5. The molecule has 4 rings (SSSR count). The highest BCUT2D eigenvalue weighted by Gasteiger charge is 2.34. The summed E-state index contributed by atoms with van der Waals surface area (Å²) in [6, 6.07) is 6.98. The van der Waals surface area contributed by atoms with Crippen molar-refractivity contribution >= 4 is 5.91 Å². The van der Waals surface area contributed by atoms with Crippen LogP contribution in [-0.2, 0) is 18.4 Å². The quantitative estimate of drug-likeness (QED) is 0.721. The summed E-state index contributed by atoms with van der Waals surface area (Å²) >= 11 is 0. The van der Waals surface area contributed by atoms with Crippen LogP contribution in [0.1, 0.15) is 23.9 Å². The molecule has 27 heavy (non-hydrogen) atoms. The molecule has 2 atom stereocenters. The fourth-order valence-electron chi connectivity index (χ4n) is 3.74. The lowest BCUT2D eigenvalue weighted by atomic mass is 10.0. The Hall–Kier alpha value is -2.42. The summed E-state index contributed by atoms with van der Waals surface area (Å²) in [5.41, 5.74) is 7.41. The van der Waals surface area contributed by atoms with Gasteiger partial charge in [-0.15, -0.1) is 0 Å². The van der Waals surface area contributed by atoms with Gasteiger partial charge in [-0.2, -0.15) is 0 Å². The van der Waals surface area contributed by atoms with Crippen molar-refractivity contribution in [3.05, 3.63) is 48.0 Å². The molecule has 8 heteroatoms. The zero-order valence-electron chi connectivity index (χ0n) is 15.5. The monoisotopic (exact) mass is 370 g/mol. The molecule has 0 bridgehead atoms. The van der Waals surface area contributed by atoms with Crippen molar-refractivity contribution in [2.24, 2.45) is 7.05 Å². The highest BCUT2D eigenvalue weighted by atomic mass is 16.3. The summed E-state index contributed by atoms with van der Waals surface area (Å²) in [6.07, 6.45) is 4.48. The first-order valence-corrected chi connectivity index (χ1v) is 9.37. The van der Waals surface area contributed by atoms with E-state index in [4.69, 9.17) is 0 Å². The third-order valence-corrected chi connectivity index (χ3v) is 5.47. The van der Waals surface area contributed by atoms with E-state index in [1.165, 1.54) is 0 Å². The number of aromatic hydroxyl groups is 1. The van der Waals surface area contributed by atoms with Crippen molar-refractivity contribution in [3.8, 4) is 5.75 Å². The predicted molar refractivity (Wildman–Crippen MR) is 101 cm³/mol. The Morgan fingerprint density at radius 3 is 2.59 bits per heavy atom. The number of carbonyl (C=O) groups excluding carboxylic acids is 1. The number of hydrogen-bond acceptors (Lipinski definition) is 6. The average molecular weight is 370 g/mol. The van der Waals surface area contributed by atoms with Gasteiger partial charge in [-0.05, 0) is 24.1 Å². The Morgan fingerprint density at radius 2 is 1.93 bits per heavy atom. The minimum Gasteiger partial charge on any atom is -0.508 e. The molecule has 0 spiro atoms. The normalized spacial score (nSPS) is 23.7. The third kappa shape index (κ3) is 3.97. The number of piperazine rings is 1. The van der Waals surface area contributed by atoms with Crippen LogP contribution in [0.3, 0.4) is 0 Å². The topological polar surface area (TPSA) is 85.7 Å². The van der Waals surface area contributed by atoms with E-state index >= 15 is 0 Å². The number of nitrogens with zero attached hydrogens (tertiary/aromatic N) is 4. The minimum atomic E-state index is -0.218. The third-order valence-electron chi connectivity index (χ3n) is 5.47. The lowest BCUT2D eigenvalue weighted by Gasteiger charge is -2.35. The first-order chi connectivity index (χ1) is 13.1. The number of phenolic OH excluding ortho intramolecular Hbond substituents is 1. The second kappa shape index (κ2) is 7.67. The Morgan fingerprint density at radius 1 is 1.19 bits per heavy atom. The van der Waals surface area contributed by atoms with E-state index < -0.39 is 0 Å². The van der Waals surface area contributed by atoms with Crippen LogP contribution in [0.25, 0.3) is 0 Å².